The monoisotopic (exact) mass is 300 g/mol. The molecule has 108 valence electrons. The summed E-state index contributed by atoms with van der Waals surface area (Å²) >= 11 is 5.99. The lowest BCUT2D eigenvalue weighted by atomic mass is 10.1. The Kier molecular flexibility index (Phi) is 5.68. The van der Waals surface area contributed by atoms with Crippen LogP contribution < -0.4 is 4.74 Å². The molecule has 2 aromatic carbocycles. The Morgan fingerprint density at radius 1 is 1.19 bits per heavy atom. The maximum absolute atomic E-state index is 8.72. The third-order valence-electron chi connectivity index (χ3n) is 2.93. The van der Waals surface area contributed by atoms with Crippen molar-refractivity contribution in [3.63, 3.8) is 0 Å². The minimum absolute atomic E-state index is 0.0890. The number of aliphatic hydroxyl groups is 1. The summed E-state index contributed by atoms with van der Waals surface area (Å²) in [6.07, 6.45) is 0.491. The summed E-state index contributed by atoms with van der Waals surface area (Å²) in [6.45, 7) is 2.52. The molecule has 3 heteroatoms. The van der Waals surface area contributed by atoms with Crippen LogP contribution >= 0.6 is 11.6 Å². The molecule has 0 aliphatic carbocycles. The molecule has 1 N–H and O–H groups in total. The molecule has 0 saturated heterocycles. The number of aryl methyl sites for hydroxylation is 1. The summed E-state index contributed by atoms with van der Waals surface area (Å²) in [5.74, 6) is 6.73. The van der Waals surface area contributed by atoms with E-state index in [2.05, 4.69) is 11.8 Å². The molecule has 0 aliphatic heterocycles. The van der Waals surface area contributed by atoms with Crippen molar-refractivity contribution in [2.45, 2.75) is 20.0 Å². The van der Waals surface area contributed by atoms with Crippen LogP contribution in [0.25, 0.3) is 0 Å². The number of rotatable bonds is 4. The first kappa shape index (κ1) is 15.4. The molecule has 0 bridgehead atoms. The average molecular weight is 301 g/mol. The van der Waals surface area contributed by atoms with Gasteiger partial charge in [-0.15, -0.1) is 0 Å². The SMILES string of the molecule is Cc1cc(OCc2cccc(C#CCCO)c2)ccc1Cl. The number of ether oxygens (including phenoxy) is 1. The molecule has 2 nitrogen and oxygen atoms in total. The summed E-state index contributed by atoms with van der Waals surface area (Å²) in [4.78, 5) is 0. The summed E-state index contributed by atoms with van der Waals surface area (Å²) < 4.78 is 5.76. The molecule has 0 radical (unpaired) electrons. The molecule has 0 aromatic heterocycles. The van der Waals surface area contributed by atoms with Gasteiger partial charge in [0.15, 0.2) is 0 Å². The minimum Gasteiger partial charge on any atom is -0.489 e. The van der Waals surface area contributed by atoms with Gasteiger partial charge in [0, 0.05) is 17.0 Å². The Morgan fingerprint density at radius 2 is 2.05 bits per heavy atom. The average Bonchev–Trinajstić information content (AvgIpc) is 2.49. The van der Waals surface area contributed by atoms with E-state index in [9.17, 15) is 0 Å². The highest BCUT2D eigenvalue weighted by molar-refractivity contribution is 6.31. The molecule has 0 amide bonds. The van der Waals surface area contributed by atoms with Crippen molar-refractivity contribution in [1.82, 2.24) is 0 Å². The van der Waals surface area contributed by atoms with Crippen LogP contribution in [-0.4, -0.2) is 11.7 Å². The van der Waals surface area contributed by atoms with E-state index in [0.717, 1.165) is 27.5 Å². The number of hydrogen-bond acceptors (Lipinski definition) is 2. The second kappa shape index (κ2) is 7.73. The van der Waals surface area contributed by atoms with Crippen LogP contribution in [0, 0.1) is 18.8 Å². The quantitative estimate of drug-likeness (QED) is 0.866. The first-order valence-corrected chi connectivity index (χ1v) is 7.14. The van der Waals surface area contributed by atoms with Gasteiger partial charge in [-0.05, 0) is 48.4 Å². The van der Waals surface area contributed by atoms with Gasteiger partial charge >= 0.3 is 0 Å². The normalized spacial score (nSPS) is 9.86. The third kappa shape index (κ3) is 4.82. The molecule has 2 rings (SSSR count). The van der Waals surface area contributed by atoms with Gasteiger partial charge in [0.1, 0.15) is 12.4 Å². The Morgan fingerprint density at radius 3 is 2.81 bits per heavy atom. The Bertz CT molecular complexity index is 668. The van der Waals surface area contributed by atoms with Gasteiger partial charge in [0.05, 0.1) is 6.61 Å². The van der Waals surface area contributed by atoms with Crippen molar-refractivity contribution in [2.24, 2.45) is 0 Å². The molecule has 0 saturated carbocycles. The summed E-state index contributed by atoms with van der Waals surface area (Å²) in [5, 5.41) is 9.46. The first-order chi connectivity index (χ1) is 10.2. The Balaban J connectivity index is 2.01. The lowest BCUT2D eigenvalue weighted by molar-refractivity contribution is 0.305. The second-order valence-corrected chi connectivity index (χ2v) is 5.08. The lowest BCUT2D eigenvalue weighted by Gasteiger charge is -2.08. The number of benzene rings is 2. The fourth-order valence-corrected chi connectivity index (χ4v) is 1.95. The highest BCUT2D eigenvalue weighted by atomic mass is 35.5. The van der Waals surface area contributed by atoms with E-state index in [1.54, 1.807) is 0 Å². The Labute approximate surface area is 130 Å². The van der Waals surface area contributed by atoms with Gasteiger partial charge in [0.25, 0.3) is 0 Å². The fourth-order valence-electron chi connectivity index (χ4n) is 1.83. The predicted octanol–water partition coefficient (Wildman–Crippen LogP) is 3.96. The van der Waals surface area contributed by atoms with Crippen molar-refractivity contribution >= 4 is 11.6 Å². The summed E-state index contributed by atoms with van der Waals surface area (Å²) in [7, 11) is 0. The largest absolute Gasteiger partial charge is 0.489 e. The fraction of sp³-hybridized carbons (Fsp3) is 0.222. The van der Waals surface area contributed by atoms with Gasteiger partial charge < -0.3 is 9.84 Å². The predicted molar refractivity (Wildman–Crippen MR) is 85.5 cm³/mol. The van der Waals surface area contributed by atoms with Gasteiger partial charge in [-0.1, -0.05) is 35.6 Å². The van der Waals surface area contributed by atoms with Crippen molar-refractivity contribution in [2.75, 3.05) is 6.61 Å². The first-order valence-electron chi connectivity index (χ1n) is 6.76. The van der Waals surface area contributed by atoms with E-state index in [-0.39, 0.29) is 6.61 Å². The van der Waals surface area contributed by atoms with Crippen molar-refractivity contribution in [3.05, 3.63) is 64.2 Å². The molecule has 0 aliphatic rings. The molecular weight excluding hydrogens is 284 g/mol. The van der Waals surface area contributed by atoms with Crippen LogP contribution in [0.3, 0.4) is 0 Å². The van der Waals surface area contributed by atoms with Gasteiger partial charge in [-0.2, -0.15) is 0 Å². The zero-order valence-corrected chi connectivity index (χ0v) is 12.7. The molecular formula is C18H17ClO2. The van der Waals surface area contributed by atoms with E-state index in [0.29, 0.717) is 13.0 Å². The van der Waals surface area contributed by atoms with E-state index >= 15 is 0 Å². The molecule has 21 heavy (non-hydrogen) atoms. The smallest absolute Gasteiger partial charge is 0.120 e. The van der Waals surface area contributed by atoms with E-state index < -0.39 is 0 Å². The van der Waals surface area contributed by atoms with Crippen LogP contribution in [0.5, 0.6) is 5.75 Å². The van der Waals surface area contributed by atoms with Crippen molar-refractivity contribution in [1.29, 1.82) is 0 Å². The van der Waals surface area contributed by atoms with Crippen molar-refractivity contribution in [3.8, 4) is 17.6 Å². The van der Waals surface area contributed by atoms with Crippen LogP contribution in [-0.2, 0) is 6.61 Å². The van der Waals surface area contributed by atoms with Gasteiger partial charge in [-0.3, -0.25) is 0 Å². The van der Waals surface area contributed by atoms with Crippen LogP contribution in [0.2, 0.25) is 5.02 Å². The summed E-state index contributed by atoms with van der Waals surface area (Å²) in [5.41, 5.74) is 2.98. The molecule has 0 unspecified atom stereocenters. The van der Waals surface area contributed by atoms with E-state index in [4.69, 9.17) is 21.4 Å². The van der Waals surface area contributed by atoms with Crippen LogP contribution in [0.4, 0.5) is 0 Å². The highest BCUT2D eigenvalue weighted by Crippen LogP contribution is 2.21. The Hall–Kier alpha value is -1.95. The molecule has 2 aromatic rings. The summed E-state index contributed by atoms with van der Waals surface area (Å²) in [6, 6.07) is 13.5. The lowest BCUT2D eigenvalue weighted by Crippen LogP contribution is -1.96. The maximum Gasteiger partial charge on any atom is 0.120 e. The highest BCUT2D eigenvalue weighted by Gasteiger charge is 2.00. The molecule has 0 heterocycles. The molecule has 0 fully saturated rings. The van der Waals surface area contributed by atoms with Crippen molar-refractivity contribution < 1.29 is 9.84 Å². The minimum atomic E-state index is 0.0890. The molecule has 0 atom stereocenters. The molecule has 0 spiro atoms. The number of aliphatic hydroxyl groups excluding tert-OH is 1. The standard InChI is InChI=1S/C18H17ClO2/c1-14-11-17(8-9-18(14)19)21-13-16-7-4-6-15(12-16)5-2-3-10-20/h4,6-9,11-12,20H,3,10,13H2,1H3. The van der Waals surface area contributed by atoms with Gasteiger partial charge in [-0.25, -0.2) is 0 Å². The second-order valence-electron chi connectivity index (χ2n) is 4.68. The zero-order valence-electron chi connectivity index (χ0n) is 11.9. The zero-order chi connectivity index (χ0) is 15.1. The van der Waals surface area contributed by atoms with Crippen LogP contribution in [0.15, 0.2) is 42.5 Å². The van der Waals surface area contributed by atoms with E-state index in [1.807, 2.05) is 49.4 Å². The van der Waals surface area contributed by atoms with E-state index in [1.165, 1.54) is 0 Å². The third-order valence-corrected chi connectivity index (χ3v) is 3.36. The number of hydrogen-bond donors (Lipinski definition) is 1. The topological polar surface area (TPSA) is 29.5 Å². The van der Waals surface area contributed by atoms with Gasteiger partial charge in [0.2, 0.25) is 0 Å². The van der Waals surface area contributed by atoms with Crippen LogP contribution in [0.1, 0.15) is 23.1 Å². The number of halogens is 1. The maximum atomic E-state index is 8.72.